The van der Waals surface area contributed by atoms with Crippen molar-refractivity contribution in [2.75, 3.05) is 18.0 Å². The molecule has 1 fully saturated rings. The van der Waals surface area contributed by atoms with Crippen LogP contribution in [-0.2, 0) is 0 Å². The van der Waals surface area contributed by atoms with Crippen molar-refractivity contribution in [3.8, 4) is 6.07 Å². The molecule has 0 spiro atoms. The second-order valence-electron chi connectivity index (χ2n) is 3.67. The molecule has 0 N–H and O–H groups in total. The van der Waals surface area contributed by atoms with Gasteiger partial charge in [-0.05, 0) is 24.1 Å². The van der Waals surface area contributed by atoms with Crippen LogP contribution in [0.3, 0.4) is 0 Å². The van der Waals surface area contributed by atoms with E-state index in [2.05, 4.69) is 24.0 Å². The first kappa shape index (κ1) is 8.12. The minimum atomic E-state index is 0.747. The molecular weight excluding hydrogens is 160 g/mol. The standard InChI is InChI=1S/C11H12N2/c1-9-7-13(8-9)11-4-2-3-10(5-11)6-12/h2-5,9H,7-8H2,1H3. The van der Waals surface area contributed by atoms with Gasteiger partial charge in [-0.3, -0.25) is 0 Å². The fourth-order valence-electron chi connectivity index (χ4n) is 1.68. The Morgan fingerprint density at radius 1 is 1.46 bits per heavy atom. The van der Waals surface area contributed by atoms with E-state index in [-0.39, 0.29) is 0 Å². The minimum Gasteiger partial charge on any atom is -0.371 e. The van der Waals surface area contributed by atoms with Crippen LogP contribution in [0, 0.1) is 17.2 Å². The lowest BCUT2D eigenvalue weighted by Gasteiger charge is -2.39. The summed E-state index contributed by atoms with van der Waals surface area (Å²) >= 11 is 0. The second kappa shape index (κ2) is 3.10. The smallest absolute Gasteiger partial charge is 0.0992 e. The molecule has 66 valence electrons. The number of hydrogen-bond acceptors (Lipinski definition) is 2. The highest BCUT2D eigenvalue weighted by Crippen LogP contribution is 2.24. The van der Waals surface area contributed by atoms with Crippen LogP contribution in [0.25, 0.3) is 0 Å². The zero-order valence-electron chi connectivity index (χ0n) is 7.70. The third-order valence-electron chi connectivity index (χ3n) is 2.40. The third kappa shape index (κ3) is 1.50. The molecule has 2 rings (SSSR count). The third-order valence-corrected chi connectivity index (χ3v) is 2.40. The average molecular weight is 172 g/mol. The number of anilines is 1. The van der Waals surface area contributed by atoms with Gasteiger partial charge in [0.1, 0.15) is 0 Å². The van der Waals surface area contributed by atoms with Gasteiger partial charge in [0.05, 0.1) is 11.6 Å². The number of benzene rings is 1. The summed E-state index contributed by atoms with van der Waals surface area (Å²) in [5.74, 6) is 0.797. The summed E-state index contributed by atoms with van der Waals surface area (Å²) in [5.41, 5.74) is 1.93. The summed E-state index contributed by atoms with van der Waals surface area (Å²) in [4.78, 5) is 2.30. The molecule has 0 atom stereocenters. The fourth-order valence-corrected chi connectivity index (χ4v) is 1.68. The predicted octanol–water partition coefficient (Wildman–Crippen LogP) is 2.01. The van der Waals surface area contributed by atoms with Crippen LogP contribution in [0.4, 0.5) is 5.69 Å². The lowest BCUT2D eigenvalue weighted by atomic mass is 10.0. The Bertz CT molecular complexity index is 345. The van der Waals surface area contributed by atoms with Crippen LogP contribution >= 0.6 is 0 Å². The zero-order valence-corrected chi connectivity index (χ0v) is 7.70. The molecule has 0 saturated carbocycles. The molecule has 0 bridgehead atoms. The molecule has 2 heteroatoms. The summed E-state index contributed by atoms with van der Waals surface area (Å²) in [7, 11) is 0. The van der Waals surface area contributed by atoms with Gasteiger partial charge in [0, 0.05) is 18.8 Å². The van der Waals surface area contributed by atoms with E-state index in [9.17, 15) is 0 Å². The van der Waals surface area contributed by atoms with Crippen molar-refractivity contribution in [3.63, 3.8) is 0 Å². The van der Waals surface area contributed by atoms with E-state index in [1.54, 1.807) is 0 Å². The molecule has 1 aliphatic heterocycles. The summed E-state index contributed by atoms with van der Waals surface area (Å²) in [6.45, 7) is 4.48. The zero-order chi connectivity index (χ0) is 9.26. The van der Waals surface area contributed by atoms with E-state index in [1.807, 2.05) is 18.2 Å². The van der Waals surface area contributed by atoms with Crippen LogP contribution in [-0.4, -0.2) is 13.1 Å². The van der Waals surface area contributed by atoms with E-state index >= 15 is 0 Å². The topological polar surface area (TPSA) is 27.0 Å². The second-order valence-corrected chi connectivity index (χ2v) is 3.67. The molecule has 2 nitrogen and oxygen atoms in total. The highest BCUT2D eigenvalue weighted by Gasteiger charge is 2.22. The Balaban J connectivity index is 2.18. The number of hydrogen-bond donors (Lipinski definition) is 0. The summed E-state index contributed by atoms with van der Waals surface area (Å²) in [5, 5.41) is 8.72. The quantitative estimate of drug-likeness (QED) is 0.648. The molecule has 0 aromatic heterocycles. The highest BCUT2D eigenvalue weighted by molar-refractivity contribution is 5.53. The van der Waals surface area contributed by atoms with Gasteiger partial charge < -0.3 is 4.90 Å². The van der Waals surface area contributed by atoms with Crippen LogP contribution < -0.4 is 4.90 Å². The first-order valence-corrected chi connectivity index (χ1v) is 4.54. The molecule has 0 radical (unpaired) electrons. The Morgan fingerprint density at radius 2 is 2.23 bits per heavy atom. The van der Waals surface area contributed by atoms with Gasteiger partial charge in [-0.2, -0.15) is 5.26 Å². The van der Waals surface area contributed by atoms with Crippen molar-refractivity contribution >= 4 is 5.69 Å². The molecule has 1 saturated heterocycles. The largest absolute Gasteiger partial charge is 0.371 e. The number of nitrogens with zero attached hydrogens (tertiary/aromatic N) is 2. The van der Waals surface area contributed by atoms with Crippen molar-refractivity contribution < 1.29 is 0 Å². The molecule has 1 aromatic carbocycles. The highest BCUT2D eigenvalue weighted by atomic mass is 15.2. The van der Waals surface area contributed by atoms with Gasteiger partial charge in [-0.1, -0.05) is 13.0 Å². The van der Waals surface area contributed by atoms with E-state index in [0.717, 1.165) is 24.6 Å². The van der Waals surface area contributed by atoms with Gasteiger partial charge in [0.25, 0.3) is 0 Å². The molecule has 0 aliphatic carbocycles. The maximum absolute atomic E-state index is 8.72. The van der Waals surface area contributed by atoms with Crippen molar-refractivity contribution in [2.45, 2.75) is 6.92 Å². The van der Waals surface area contributed by atoms with Gasteiger partial charge in [-0.15, -0.1) is 0 Å². The Morgan fingerprint density at radius 3 is 2.85 bits per heavy atom. The van der Waals surface area contributed by atoms with Crippen LogP contribution in [0.2, 0.25) is 0 Å². The molecule has 1 aromatic rings. The summed E-state index contributed by atoms with van der Waals surface area (Å²) < 4.78 is 0. The van der Waals surface area contributed by atoms with E-state index in [4.69, 9.17) is 5.26 Å². The molecule has 1 heterocycles. The summed E-state index contributed by atoms with van der Waals surface area (Å²) in [6, 6.07) is 9.95. The predicted molar refractivity (Wildman–Crippen MR) is 52.5 cm³/mol. The number of rotatable bonds is 1. The molecule has 0 amide bonds. The SMILES string of the molecule is CC1CN(c2cccc(C#N)c2)C1. The summed E-state index contributed by atoms with van der Waals surface area (Å²) in [6.07, 6.45) is 0. The molecule has 0 unspecified atom stereocenters. The monoisotopic (exact) mass is 172 g/mol. The van der Waals surface area contributed by atoms with E-state index in [0.29, 0.717) is 0 Å². The number of nitriles is 1. The lowest BCUT2D eigenvalue weighted by molar-refractivity contribution is 0.447. The van der Waals surface area contributed by atoms with Crippen LogP contribution in [0.5, 0.6) is 0 Å². The van der Waals surface area contributed by atoms with Gasteiger partial charge in [0.15, 0.2) is 0 Å². The van der Waals surface area contributed by atoms with E-state index < -0.39 is 0 Å². The molecule has 1 aliphatic rings. The minimum absolute atomic E-state index is 0.747. The first-order valence-electron chi connectivity index (χ1n) is 4.54. The fraction of sp³-hybridized carbons (Fsp3) is 0.364. The normalized spacial score (nSPS) is 16.5. The van der Waals surface area contributed by atoms with Crippen LogP contribution in [0.1, 0.15) is 12.5 Å². The van der Waals surface area contributed by atoms with Gasteiger partial charge >= 0.3 is 0 Å². The van der Waals surface area contributed by atoms with Gasteiger partial charge in [0.2, 0.25) is 0 Å². The molecule has 13 heavy (non-hydrogen) atoms. The van der Waals surface area contributed by atoms with Crippen molar-refractivity contribution in [2.24, 2.45) is 5.92 Å². The van der Waals surface area contributed by atoms with Crippen LogP contribution in [0.15, 0.2) is 24.3 Å². The van der Waals surface area contributed by atoms with Crippen molar-refractivity contribution in [1.82, 2.24) is 0 Å². The van der Waals surface area contributed by atoms with Crippen molar-refractivity contribution in [1.29, 1.82) is 5.26 Å². The maximum atomic E-state index is 8.72. The first-order chi connectivity index (χ1) is 6.29. The van der Waals surface area contributed by atoms with Crippen molar-refractivity contribution in [3.05, 3.63) is 29.8 Å². The van der Waals surface area contributed by atoms with Gasteiger partial charge in [-0.25, -0.2) is 0 Å². The average Bonchev–Trinajstić information content (AvgIpc) is 2.13. The maximum Gasteiger partial charge on any atom is 0.0992 e. The Labute approximate surface area is 78.4 Å². The van der Waals surface area contributed by atoms with E-state index in [1.165, 1.54) is 5.69 Å². The lowest BCUT2D eigenvalue weighted by Crippen LogP contribution is -2.45. The Hall–Kier alpha value is -1.49. The Kier molecular flexibility index (Phi) is 1.94. The molecular formula is C11H12N2.